The third-order valence-electron chi connectivity index (χ3n) is 9.89. The van der Waals surface area contributed by atoms with Gasteiger partial charge in [-0.2, -0.15) is 0 Å². The summed E-state index contributed by atoms with van der Waals surface area (Å²) < 4.78 is 13.6. The molecule has 5 aromatic carbocycles. The molecule has 2 atom stereocenters. The first-order valence-corrected chi connectivity index (χ1v) is 15.6. The SMILES string of the molecule is c1ccc2c(c1)Oc1cc(-c3ccncc3)ccc1C21c2ccccc2Oc2cc(C3c4ccccc4-c4cnccc43)ccc21. The van der Waals surface area contributed by atoms with E-state index in [4.69, 9.17) is 9.47 Å². The number of rotatable bonds is 2. The van der Waals surface area contributed by atoms with Gasteiger partial charge < -0.3 is 9.47 Å². The molecule has 2 unspecified atom stereocenters. The topological polar surface area (TPSA) is 44.2 Å². The van der Waals surface area contributed by atoms with Gasteiger partial charge in [-0.05, 0) is 75.8 Å². The van der Waals surface area contributed by atoms with Gasteiger partial charge in [0.05, 0.1) is 5.41 Å². The maximum Gasteiger partial charge on any atom is 0.132 e. The molecule has 0 saturated carbocycles. The highest BCUT2D eigenvalue weighted by atomic mass is 16.5. The monoisotopic (exact) mass is 590 g/mol. The summed E-state index contributed by atoms with van der Waals surface area (Å²) >= 11 is 0. The lowest BCUT2D eigenvalue weighted by molar-refractivity contribution is 0.399. The number of hydrogen-bond acceptors (Lipinski definition) is 4. The third kappa shape index (κ3) is 3.38. The van der Waals surface area contributed by atoms with Crippen LogP contribution in [0, 0.1) is 0 Å². The summed E-state index contributed by atoms with van der Waals surface area (Å²) in [7, 11) is 0. The number of benzene rings is 5. The number of nitrogens with zero attached hydrogens (tertiary/aromatic N) is 2. The van der Waals surface area contributed by atoms with E-state index in [1.54, 1.807) is 0 Å². The van der Waals surface area contributed by atoms with Crippen molar-refractivity contribution in [3.05, 3.63) is 191 Å². The number of hydrogen-bond donors (Lipinski definition) is 0. The average molecular weight is 591 g/mol. The van der Waals surface area contributed by atoms with Crippen molar-refractivity contribution >= 4 is 0 Å². The lowest BCUT2D eigenvalue weighted by atomic mass is 9.62. The minimum absolute atomic E-state index is 0.0911. The minimum atomic E-state index is -0.640. The molecule has 7 aromatic rings. The van der Waals surface area contributed by atoms with Crippen LogP contribution < -0.4 is 9.47 Å². The summed E-state index contributed by atoms with van der Waals surface area (Å²) in [5.41, 5.74) is 12.1. The van der Waals surface area contributed by atoms with Crippen LogP contribution in [-0.4, -0.2) is 9.97 Å². The Morgan fingerprint density at radius 1 is 0.457 bits per heavy atom. The molecule has 4 heterocycles. The lowest BCUT2D eigenvalue weighted by Gasteiger charge is -2.45. The molecular formula is C42H26N2O2. The summed E-state index contributed by atoms with van der Waals surface area (Å²) in [5, 5.41) is 0. The van der Waals surface area contributed by atoms with Crippen molar-refractivity contribution in [2.24, 2.45) is 0 Å². The molecule has 46 heavy (non-hydrogen) atoms. The fourth-order valence-corrected chi connectivity index (χ4v) is 7.99. The summed E-state index contributed by atoms with van der Waals surface area (Å²) in [5.74, 6) is 3.49. The molecule has 2 aromatic heterocycles. The van der Waals surface area contributed by atoms with Gasteiger partial charge >= 0.3 is 0 Å². The molecule has 4 heteroatoms. The molecule has 216 valence electrons. The van der Waals surface area contributed by atoms with E-state index in [1.165, 1.54) is 27.8 Å². The predicted molar refractivity (Wildman–Crippen MR) is 179 cm³/mol. The maximum absolute atomic E-state index is 6.84. The van der Waals surface area contributed by atoms with Crippen molar-refractivity contribution in [2.45, 2.75) is 11.3 Å². The van der Waals surface area contributed by atoms with E-state index < -0.39 is 5.41 Å². The van der Waals surface area contributed by atoms with Crippen molar-refractivity contribution in [3.63, 3.8) is 0 Å². The second kappa shape index (κ2) is 9.50. The van der Waals surface area contributed by atoms with Crippen LogP contribution in [0.4, 0.5) is 0 Å². The van der Waals surface area contributed by atoms with Crippen molar-refractivity contribution in [2.75, 3.05) is 0 Å². The van der Waals surface area contributed by atoms with E-state index in [-0.39, 0.29) is 5.92 Å². The Morgan fingerprint density at radius 3 is 1.85 bits per heavy atom. The number of pyridine rings is 2. The molecule has 4 nitrogen and oxygen atoms in total. The summed E-state index contributed by atoms with van der Waals surface area (Å²) in [4.78, 5) is 8.68. The van der Waals surface area contributed by atoms with E-state index in [2.05, 4.69) is 119 Å². The van der Waals surface area contributed by atoms with Crippen LogP contribution >= 0.6 is 0 Å². The Kier molecular flexibility index (Phi) is 5.23. The van der Waals surface area contributed by atoms with E-state index in [0.717, 1.165) is 56.4 Å². The highest BCUT2D eigenvalue weighted by Crippen LogP contribution is 2.62. The minimum Gasteiger partial charge on any atom is -0.457 e. The first-order valence-electron chi connectivity index (χ1n) is 15.6. The van der Waals surface area contributed by atoms with Crippen molar-refractivity contribution in [1.82, 2.24) is 9.97 Å². The molecule has 2 aliphatic heterocycles. The fraction of sp³-hybridized carbons (Fsp3) is 0.0476. The van der Waals surface area contributed by atoms with Gasteiger partial charge in [0.1, 0.15) is 23.0 Å². The second-order valence-corrected chi connectivity index (χ2v) is 12.1. The highest BCUT2D eigenvalue weighted by molar-refractivity contribution is 5.81. The molecule has 0 radical (unpaired) electrons. The molecule has 1 spiro atoms. The van der Waals surface area contributed by atoms with Gasteiger partial charge in [-0.1, -0.05) is 84.9 Å². The standard InChI is InChI=1S/C42H26N2O2/c1-2-8-30-29(7-1)32-25-44-22-19-31(32)41(30)28-14-16-36-40(24-28)46-38-12-6-4-10-34(38)42(36)33-9-3-5-11-37(33)45-39-23-27(13-15-35(39)42)26-17-20-43-21-18-26/h1-25,41H. The molecule has 0 bridgehead atoms. The number of aromatic nitrogens is 2. The van der Waals surface area contributed by atoms with Gasteiger partial charge in [0.25, 0.3) is 0 Å². The van der Waals surface area contributed by atoms with Crippen LogP contribution in [-0.2, 0) is 5.41 Å². The number of ether oxygens (including phenoxy) is 2. The van der Waals surface area contributed by atoms with Crippen molar-refractivity contribution in [3.8, 4) is 45.3 Å². The Balaban J connectivity index is 1.24. The summed E-state index contributed by atoms with van der Waals surface area (Å²) in [6.45, 7) is 0. The first kappa shape index (κ1) is 25.3. The van der Waals surface area contributed by atoms with Crippen LogP contribution in [0.15, 0.2) is 152 Å². The van der Waals surface area contributed by atoms with Crippen molar-refractivity contribution < 1.29 is 9.47 Å². The average Bonchev–Trinajstić information content (AvgIpc) is 3.46. The molecule has 0 saturated heterocycles. The van der Waals surface area contributed by atoms with Crippen molar-refractivity contribution in [1.29, 1.82) is 0 Å². The van der Waals surface area contributed by atoms with E-state index in [0.29, 0.717) is 0 Å². The zero-order valence-electron chi connectivity index (χ0n) is 24.7. The summed E-state index contributed by atoms with van der Waals surface area (Å²) in [6, 6.07) is 45.2. The Bertz CT molecular complexity index is 2290. The van der Waals surface area contributed by atoms with Crippen LogP contribution in [0.1, 0.15) is 44.9 Å². The van der Waals surface area contributed by atoms with Gasteiger partial charge in [0, 0.05) is 58.5 Å². The third-order valence-corrected chi connectivity index (χ3v) is 9.89. The Morgan fingerprint density at radius 2 is 1.07 bits per heavy atom. The van der Waals surface area contributed by atoms with Crippen LogP contribution in [0.3, 0.4) is 0 Å². The van der Waals surface area contributed by atoms with Crippen LogP contribution in [0.5, 0.6) is 23.0 Å². The fourth-order valence-electron chi connectivity index (χ4n) is 7.99. The largest absolute Gasteiger partial charge is 0.457 e. The second-order valence-electron chi connectivity index (χ2n) is 12.1. The first-order chi connectivity index (χ1) is 22.8. The Labute approximate surface area is 266 Å². The number of para-hydroxylation sites is 2. The molecule has 0 amide bonds. The molecule has 0 N–H and O–H groups in total. The maximum atomic E-state index is 6.84. The molecule has 1 aliphatic carbocycles. The van der Waals surface area contributed by atoms with E-state index >= 15 is 0 Å². The van der Waals surface area contributed by atoms with Crippen LogP contribution in [0.2, 0.25) is 0 Å². The van der Waals surface area contributed by atoms with Gasteiger partial charge in [0.2, 0.25) is 0 Å². The zero-order chi connectivity index (χ0) is 30.2. The van der Waals surface area contributed by atoms with E-state index in [1.807, 2.05) is 43.0 Å². The van der Waals surface area contributed by atoms with Gasteiger partial charge in [-0.15, -0.1) is 0 Å². The lowest BCUT2D eigenvalue weighted by Crippen LogP contribution is -2.36. The van der Waals surface area contributed by atoms with Gasteiger partial charge in [0.15, 0.2) is 0 Å². The zero-order valence-corrected chi connectivity index (χ0v) is 24.7. The van der Waals surface area contributed by atoms with Crippen LogP contribution in [0.25, 0.3) is 22.3 Å². The molecular weight excluding hydrogens is 564 g/mol. The van der Waals surface area contributed by atoms with Gasteiger partial charge in [-0.3, -0.25) is 9.97 Å². The quantitative estimate of drug-likeness (QED) is 0.201. The van der Waals surface area contributed by atoms with Gasteiger partial charge in [-0.25, -0.2) is 0 Å². The normalized spacial score (nSPS) is 17.8. The predicted octanol–water partition coefficient (Wildman–Crippen LogP) is 9.90. The molecule has 0 fully saturated rings. The molecule has 10 rings (SSSR count). The molecule has 3 aliphatic rings. The smallest absolute Gasteiger partial charge is 0.132 e. The highest BCUT2D eigenvalue weighted by Gasteiger charge is 2.50. The summed E-state index contributed by atoms with van der Waals surface area (Å²) in [6.07, 6.45) is 7.54. The number of fused-ring (bicyclic) bond motifs is 11. The Hall–Kier alpha value is -6.00. The van der Waals surface area contributed by atoms with E-state index in [9.17, 15) is 0 Å².